The Kier molecular flexibility index (Phi) is 6.59. The van der Waals surface area contributed by atoms with Crippen LogP contribution in [-0.4, -0.2) is 5.91 Å². The molecule has 0 N–H and O–H groups in total. The van der Waals surface area contributed by atoms with Crippen molar-refractivity contribution in [1.82, 2.24) is 0 Å². The molecule has 0 spiro atoms. The third kappa shape index (κ3) is 4.00. The smallest absolute Gasteiger partial charge is 0.228 e. The van der Waals surface area contributed by atoms with Gasteiger partial charge in [0.15, 0.2) is 0 Å². The summed E-state index contributed by atoms with van der Waals surface area (Å²) in [4.78, 5) is 14.5. The molecule has 4 heteroatoms. The Morgan fingerprint density at radius 1 is 0.733 bits per heavy atom. The summed E-state index contributed by atoms with van der Waals surface area (Å²) in [5.41, 5.74) is 11.2. The molecule has 0 fully saturated rings. The maximum atomic E-state index is 12.7. The van der Waals surface area contributed by atoms with Crippen LogP contribution >= 0.6 is 31.9 Å². The molecule has 0 aromatic heterocycles. The zero-order chi connectivity index (χ0) is 22.3. The van der Waals surface area contributed by atoms with Crippen molar-refractivity contribution in [3.05, 3.63) is 78.7 Å². The molecule has 2 nitrogen and oxygen atoms in total. The second-order valence-corrected chi connectivity index (χ2v) is 9.61. The second-order valence-electron chi connectivity index (χ2n) is 8.02. The fourth-order valence-corrected chi connectivity index (χ4v) is 4.96. The van der Waals surface area contributed by atoms with E-state index in [0.717, 1.165) is 37.0 Å². The van der Waals surface area contributed by atoms with Gasteiger partial charge in [-0.15, -0.1) is 0 Å². The quantitative estimate of drug-likeness (QED) is 0.334. The molecule has 0 unspecified atom stereocenters. The number of carbonyl (C=O) groups is 1. The minimum absolute atomic E-state index is 0.00450. The van der Waals surface area contributed by atoms with Gasteiger partial charge >= 0.3 is 0 Å². The number of benzene rings is 3. The van der Waals surface area contributed by atoms with Crippen LogP contribution in [0, 0.1) is 41.5 Å². The topological polar surface area (TPSA) is 20.3 Å². The lowest BCUT2D eigenvalue weighted by atomic mass is 9.93. The number of nitrogens with zero attached hydrogens (tertiary/aromatic N) is 1. The summed E-state index contributed by atoms with van der Waals surface area (Å²) < 4.78 is 2.19. The van der Waals surface area contributed by atoms with Crippen molar-refractivity contribution in [3.63, 3.8) is 0 Å². The number of halogens is 2. The third-order valence-corrected chi connectivity index (χ3v) is 8.11. The Hall–Kier alpha value is -1.91. The third-order valence-electron chi connectivity index (χ3n) is 5.67. The number of hydrogen-bond donors (Lipinski definition) is 0. The molecule has 0 saturated heterocycles. The molecule has 0 saturated carbocycles. The number of rotatable bonds is 3. The first-order valence-electron chi connectivity index (χ1n) is 9.98. The van der Waals surface area contributed by atoms with Gasteiger partial charge in [-0.25, -0.2) is 0 Å². The highest BCUT2D eigenvalue weighted by Crippen LogP contribution is 2.39. The Balaban J connectivity index is 2.13. The highest BCUT2D eigenvalue weighted by molar-refractivity contribution is 9.10. The molecule has 0 heterocycles. The van der Waals surface area contributed by atoms with Gasteiger partial charge in [0.05, 0.1) is 5.69 Å². The fourth-order valence-electron chi connectivity index (χ4n) is 4.35. The van der Waals surface area contributed by atoms with Crippen molar-refractivity contribution in [2.45, 2.75) is 48.5 Å². The van der Waals surface area contributed by atoms with Crippen LogP contribution in [0.15, 0.2) is 45.3 Å². The summed E-state index contributed by atoms with van der Waals surface area (Å²) >= 11 is 7.40. The van der Waals surface area contributed by atoms with Gasteiger partial charge in [-0.05, 0) is 98.2 Å². The molecule has 30 heavy (non-hydrogen) atoms. The van der Waals surface area contributed by atoms with Crippen LogP contribution in [0.4, 0.5) is 11.4 Å². The molecule has 156 valence electrons. The number of carbonyl (C=O) groups excluding carboxylic acids is 1. The van der Waals surface area contributed by atoms with Gasteiger partial charge in [-0.1, -0.05) is 56.1 Å². The Labute approximate surface area is 196 Å². The van der Waals surface area contributed by atoms with Crippen molar-refractivity contribution in [3.8, 4) is 11.1 Å². The molecular weight excluding hydrogens is 502 g/mol. The fraction of sp³-hybridized carbons (Fsp3) is 0.269. The number of anilines is 2. The largest absolute Gasteiger partial charge is 0.281 e. The Morgan fingerprint density at radius 3 is 1.77 bits per heavy atom. The van der Waals surface area contributed by atoms with E-state index in [1.165, 1.54) is 27.8 Å². The first kappa shape index (κ1) is 22.8. The van der Waals surface area contributed by atoms with E-state index in [9.17, 15) is 4.79 Å². The lowest BCUT2D eigenvalue weighted by Gasteiger charge is -2.27. The lowest BCUT2D eigenvalue weighted by Crippen LogP contribution is -2.24. The van der Waals surface area contributed by atoms with Crippen LogP contribution in [0.3, 0.4) is 0 Å². The van der Waals surface area contributed by atoms with E-state index in [1.54, 1.807) is 6.92 Å². The molecular formula is C26H27Br2NO. The van der Waals surface area contributed by atoms with Crippen LogP contribution in [0.25, 0.3) is 11.1 Å². The van der Waals surface area contributed by atoms with Crippen LogP contribution in [-0.2, 0) is 4.79 Å². The summed E-state index contributed by atoms with van der Waals surface area (Å²) in [6, 6.07) is 12.6. The van der Waals surface area contributed by atoms with Crippen LogP contribution in [0.2, 0.25) is 0 Å². The SMILES string of the molecule is CC(=O)N(c1ccc(-c2c(C)cc(C)c(Br)c2C)cc1)c1c(C)cc(C)c(Br)c1C. The molecule has 0 radical (unpaired) electrons. The van der Waals surface area contributed by atoms with Crippen molar-refractivity contribution in [1.29, 1.82) is 0 Å². The van der Waals surface area contributed by atoms with Gasteiger partial charge in [0.2, 0.25) is 5.91 Å². The van der Waals surface area contributed by atoms with Crippen molar-refractivity contribution < 1.29 is 4.79 Å². The molecule has 0 aliphatic heterocycles. The Morgan fingerprint density at radius 2 is 1.23 bits per heavy atom. The summed E-state index contributed by atoms with van der Waals surface area (Å²) in [6.07, 6.45) is 0. The van der Waals surface area contributed by atoms with Gasteiger partial charge in [-0.3, -0.25) is 9.69 Å². The van der Waals surface area contributed by atoms with E-state index < -0.39 is 0 Å². The monoisotopic (exact) mass is 527 g/mol. The number of aryl methyl sites for hydroxylation is 4. The minimum atomic E-state index is -0.00450. The van der Waals surface area contributed by atoms with E-state index in [0.29, 0.717) is 0 Å². The standard InChI is InChI=1S/C26H27Br2NO/c1-14-12-15(2)24(27)18(5)23(14)21-8-10-22(11-9-21)29(20(7)30)26-17(4)13-16(3)25(28)19(26)6/h8-13H,1-7H3. The highest BCUT2D eigenvalue weighted by atomic mass is 79.9. The summed E-state index contributed by atoms with van der Waals surface area (Å²) in [5.74, 6) is -0.00450. The van der Waals surface area contributed by atoms with E-state index >= 15 is 0 Å². The molecule has 3 aromatic carbocycles. The molecule has 1 amide bonds. The van der Waals surface area contributed by atoms with Crippen molar-refractivity contribution >= 4 is 49.1 Å². The van der Waals surface area contributed by atoms with Crippen LogP contribution in [0.1, 0.15) is 40.3 Å². The van der Waals surface area contributed by atoms with E-state index in [4.69, 9.17) is 0 Å². The zero-order valence-corrected chi connectivity index (χ0v) is 21.7. The second kappa shape index (κ2) is 8.68. The van der Waals surface area contributed by atoms with E-state index in [1.807, 2.05) is 17.0 Å². The first-order valence-corrected chi connectivity index (χ1v) is 11.6. The van der Waals surface area contributed by atoms with Crippen LogP contribution < -0.4 is 4.90 Å². The maximum Gasteiger partial charge on any atom is 0.228 e. The molecule has 3 aromatic rings. The van der Waals surface area contributed by atoms with Crippen LogP contribution in [0.5, 0.6) is 0 Å². The average Bonchev–Trinajstić information content (AvgIpc) is 2.68. The Bertz CT molecular complexity index is 1150. The minimum Gasteiger partial charge on any atom is -0.281 e. The summed E-state index contributed by atoms with van der Waals surface area (Å²) in [6.45, 7) is 14.2. The summed E-state index contributed by atoms with van der Waals surface area (Å²) in [5, 5.41) is 0. The molecule has 0 atom stereocenters. The predicted molar refractivity (Wildman–Crippen MR) is 135 cm³/mol. The molecule has 0 bridgehead atoms. The first-order chi connectivity index (χ1) is 14.0. The van der Waals surface area contributed by atoms with Gasteiger partial charge in [0, 0.05) is 21.6 Å². The normalized spacial score (nSPS) is 11.0. The summed E-state index contributed by atoms with van der Waals surface area (Å²) in [7, 11) is 0. The predicted octanol–water partition coefficient (Wildman–Crippen LogP) is 8.41. The van der Waals surface area contributed by atoms with Gasteiger partial charge in [-0.2, -0.15) is 0 Å². The number of hydrogen-bond acceptors (Lipinski definition) is 1. The maximum absolute atomic E-state index is 12.7. The molecule has 3 rings (SSSR count). The van der Waals surface area contributed by atoms with Gasteiger partial charge < -0.3 is 0 Å². The molecule has 0 aliphatic carbocycles. The average molecular weight is 529 g/mol. The number of amides is 1. The zero-order valence-electron chi connectivity index (χ0n) is 18.6. The lowest BCUT2D eigenvalue weighted by molar-refractivity contribution is -0.115. The highest BCUT2D eigenvalue weighted by Gasteiger charge is 2.21. The van der Waals surface area contributed by atoms with Gasteiger partial charge in [0.1, 0.15) is 0 Å². The van der Waals surface area contributed by atoms with Crippen molar-refractivity contribution in [2.24, 2.45) is 0 Å². The van der Waals surface area contributed by atoms with E-state index in [2.05, 4.69) is 97.7 Å². The van der Waals surface area contributed by atoms with Gasteiger partial charge in [0.25, 0.3) is 0 Å². The molecule has 0 aliphatic rings. The van der Waals surface area contributed by atoms with Crippen molar-refractivity contribution in [2.75, 3.05) is 4.90 Å². The van der Waals surface area contributed by atoms with E-state index in [-0.39, 0.29) is 5.91 Å².